The lowest BCUT2D eigenvalue weighted by Gasteiger charge is -2.22. The van der Waals surface area contributed by atoms with Crippen LogP contribution in [0.2, 0.25) is 5.02 Å². The summed E-state index contributed by atoms with van der Waals surface area (Å²) in [4.78, 5) is 37.7. The number of benzene rings is 1. The van der Waals surface area contributed by atoms with Crippen molar-refractivity contribution in [3.63, 3.8) is 0 Å². The van der Waals surface area contributed by atoms with Gasteiger partial charge in [0.05, 0.1) is 12.6 Å². The molecule has 8 nitrogen and oxygen atoms in total. The van der Waals surface area contributed by atoms with E-state index in [1.54, 1.807) is 45.9 Å². The Labute approximate surface area is 206 Å². The highest BCUT2D eigenvalue weighted by Gasteiger charge is 2.39. The van der Waals surface area contributed by atoms with Crippen LogP contribution in [0.4, 0.5) is 4.79 Å². The highest BCUT2D eigenvalue weighted by Crippen LogP contribution is 2.32. The monoisotopic (exact) mass is 494 g/mol. The standard InChI is InChI=1S/C25H35ClN2O6/c1-15(27-24(31)34-25(2,3)4)21(29)13-18-17(8-7-9-19(18)26)23(30)28-20-12-16(20)14-33-22-10-5-6-11-32-22/h7-9,15-16,20,22H,5-6,10-14H2,1-4H3,(H,27,31)(H,28,30)/t15-,16?,20?,22?/m0/s1. The molecule has 1 aliphatic heterocycles. The first kappa shape index (κ1) is 26.4. The van der Waals surface area contributed by atoms with Gasteiger partial charge in [-0.25, -0.2) is 4.79 Å². The highest BCUT2D eigenvalue weighted by atomic mass is 35.5. The van der Waals surface area contributed by atoms with Crippen molar-refractivity contribution in [2.24, 2.45) is 5.92 Å². The molecule has 1 aromatic carbocycles. The molecule has 2 fully saturated rings. The van der Waals surface area contributed by atoms with E-state index in [0.717, 1.165) is 32.3 Å². The van der Waals surface area contributed by atoms with Crippen molar-refractivity contribution in [3.05, 3.63) is 34.3 Å². The number of ketones is 1. The number of carbonyl (C=O) groups is 3. The second-order valence-electron chi connectivity index (χ2n) is 9.98. The zero-order chi connectivity index (χ0) is 24.9. The minimum absolute atomic E-state index is 0.0198. The number of carbonyl (C=O) groups excluding carboxylic acids is 3. The van der Waals surface area contributed by atoms with E-state index in [1.807, 2.05) is 0 Å². The summed E-state index contributed by atoms with van der Waals surface area (Å²) in [6.45, 7) is 8.09. The summed E-state index contributed by atoms with van der Waals surface area (Å²) < 4.78 is 16.6. The molecule has 0 radical (unpaired) electrons. The van der Waals surface area contributed by atoms with Crippen LogP contribution in [0.1, 0.15) is 69.3 Å². The predicted octanol–water partition coefficient (Wildman–Crippen LogP) is 4.03. The molecule has 1 heterocycles. The van der Waals surface area contributed by atoms with Crippen LogP contribution in [-0.2, 0) is 25.4 Å². The molecule has 0 aromatic heterocycles. The molecule has 3 rings (SSSR count). The Morgan fingerprint density at radius 2 is 2.00 bits per heavy atom. The normalized spacial score (nSPS) is 23.0. The van der Waals surface area contributed by atoms with Crippen LogP contribution in [0.3, 0.4) is 0 Å². The molecule has 2 amide bonds. The van der Waals surface area contributed by atoms with E-state index < -0.39 is 17.7 Å². The van der Waals surface area contributed by atoms with Gasteiger partial charge in [-0.2, -0.15) is 0 Å². The van der Waals surface area contributed by atoms with Gasteiger partial charge >= 0.3 is 6.09 Å². The van der Waals surface area contributed by atoms with E-state index in [9.17, 15) is 14.4 Å². The van der Waals surface area contributed by atoms with Crippen molar-refractivity contribution in [3.8, 4) is 0 Å². The zero-order valence-corrected chi connectivity index (χ0v) is 21.1. The van der Waals surface area contributed by atoms with Gasteiger partial charge in [-0.1, -0.05) is 17.7 Å². The fourth-order valence-electron chi connectivity index (χ4n) is 3.77. The first-order valence-electron chi connectivity index (χ1n) is 11.9. The SMILES string of the molecule is C[C@H](NC(=O)OC(C)(C)C)C(=O)Cc1c(Cl)cccc1C(=O)NC1CC1COC1CCCCO1. The fraction of sp³-hybridized carbons (Fsp3) is 0.640. The number of nitrogens with one attached hydrogen (secondary N) is 2. The van der Waals surface area contributed by atoms with Gasteiger partial charge in [-0.3, -0.25) is 9.59 Å². The summed E-state index contributed by atoms with van der Waals surface area (Å²) >= 11 is 6.35. The molecule has 188 valence electrons. The number of ether oxygens (including phenoxy) is 3. The van der Waals surface area contributed by atoms with Crippen molar-refractivity contribution in [2.45, 2.75) is 83.8 Å². The minimum atomic E-state index is -0.797. The van der Waals surface area contributed by atoms with Crippen LogP contribution in [0.15, 0.2) is 18.2 Å². The van der Waals surface area contributed by atoms with Gasteiger partial charge < -0.3 is 24.8 Å². The Kier molecular flexibility index (Phi) is 8.95. The first-order chi connectivity index (χ1) is 16.0. The number of halogens is 1. The summed E-state index contributed by atoms with van der Waals surface area (Å²) in [5.41, 5.74) is 0.122. The number of amides is 2. The van der Waals surface area contributed by atoms with Crippen molar-refractivity contribution >= 4 is 29.4 Å². The Hall–Kier alpha value is -2.16. The summed E-state index contributed by atoms with van der Waals surface area (Å²) in [5.74, 6) is -0.311. The number of Topliss-reactive ketones (excluding diaryl/α,β-unsaturated/α-hetero) is 1. The fourth-order valence-corrected chi connectivity index (χ4v) is 4.01. The zero-order valence-electron chi connectivity index (χ0n) is 20.3. The van der Waals surface area contributed by atoms with E-state index in [-0.39, 0.29) is 36.4 Å². The first-order valence-corrected chi connectivity index (χ1v) is 12.2. The molecule has 1 saturated heterocycles. The topological polar surface area (TPSA) is 103 Å². The second-order valence-corrected chi connectivity index (χ2v) is 10.4. The maximum absolute atomic E-state index is 13.0. The van der Waals surface area contributed by atoms with Crippen molar-refractivity contribution in [1.82, 2.24) is 10.6 Å². The van der Waals surface area contributed by atoms with Crippen LogP contribution in [-0.4, -0.2) is 55.0 Å². The predicted molar refractivity (Wildman–Crippen MR) is 128 cm³/mol. The largest absolute Gasteiger partial charge is 0.444 e. The summed E-state index contributed by atoms with van der Waals surface area (Å²) in [5, 5.41) is 5.88. The van der Waals surface area contributed by atoms with Gasteiger partial charge in [0, 0.05) is 35.6 Å². The summed E-state index contributed by atoms with van der Waals surface area (Å²) in [6.07, 6.45) is 3.02. The Morgan fingerprint density at radius 1 is 1.24 bits per heavy atom. The molecule has 2 aliphatic rings. The van der Waals surface area contributed by atoms with E-state index in [2.05, 4.69) is 10.6 Å². The van der Waals surface area contributed by atoms with Crippen LogP contribution in [0.5, 0.6) is 0 Å². The van der Waals surface area contributed by atoms with Gasteiger partial charge in [0.15, 0.2) is 12.1 Å². The van der Waals surface area contributed by atoms with Crippen LogP contribution < -0.4 is 10.6 Å². The van der Waals surface area contributed by atoms with Crippen LogP contribution in [0.25, 0.3) is 0 Å². The number of hydrogen-bond donors (Lipinski definition) is 2. The van der Waals surface area contributed by atoms with E-state index >= 15 is 0 Å². The molecule has 3 unspecified atom stereocenters. The lowest BCUT2D eigenvalue weighted by atomic mass is 9.99. The van der Waals surface area contributed by atoms with Crippen molar-refractivity contribution in [2.75, 3.05) is 13.2 Å². The average Bonchev–Trinajstić information content (AvgIpc) is 3.50. The molecule has 2 N–H and O–H groups in total. The average molecular weight is 495 g/mol. The summed E-state index contributed by atoms with van der Waals surface area (Å²) in [7, 11) is 0. The number of rotatable bonds is 9. The van der Waals surface area contributed by atoms with Crippen molar-refractivity contribution in [1.29, 1.82) is 0 Å². The second kappa shape index (κ2) is 11.5. The van der Waals surface area contributed by atoms with E-state index in [0.29, 0.717) is 22.8 Å². The maximum atomic E-state index is 13.0. The highest BCUT2D eigenvalue weighted by molar-refractivity contribution is 6.32. The number of alkyl carbamates (subject to hydrolysis) is 1. The Bertz CT molecular complexity index is 894. The van der Waals surface area contributed by atoms with Crippen LogP contribution in [0, 0.1) is 5.92 Å². The van der Waals surface area contributed by atoms with Gasteiger partial charge in [-0.05, 0) is 71.1 Å². The Morgan fingerprint density at radius 3 is 2.68 bits per heavy atom. The molecule has 1 aromatic rings. The van der Waals surface area contributed by atoms with E-state index in [1.165, 1.54) is 0 Å². The quantitative estimate of drug-likeness (QED) is 0.537. The third-order valence-electron chi connectivity index (χ3n) is 5.80. The molecule has 34 heavy (non-hydrogen) atoms. The lowest BCUT2D eigenvalue weighted by Crippen LogP contribution is -2.42. The molecule has 0 spiro atoms. The van der Waals surface area contributed by atoms with Gasteiger partial charge in [-0.15, -0.1) is 0 Å². The lowest BCUT2D eigenvalue weighted by molar-refractivity contribution is -0.164. The third kappa shape index (κ3) is 7.96. The van der Waals surface area contributed by atoms with Crippen molar-refractivity contribution < 1.29 is 28.6 Å². The third-order valence-corrected chi connectivity index (χ3v) is 6.16. The molecular weight excluding hydrogens is 460 g/mol. The molecule has 9 heteroatoms. The minimum Gasteiger partial charge on any atom is -0.444 e. The molecular formula is C25H35ClN2O6. The summed E-state index contributed by atoms with van der Waals surface area (Å²) in [6, 6.07) is 4.20. The molecule has 1 saturated carbocycles. The molecule has 4 atom stereocenters. The van der Waals surface area contributed by atoms with Crippen LogP contribution >= 0.6 is 11.6 Å². The molecule has 0 bridgehead atoms. The Balaban J connectivity index is 1.54. The number of hydrogen-bond acceptors (Lipinski definition) is 6. The smallest absolute Gasteiger partial charge is 0.408 e. The van der Waals surface area contributed by atoms with Gasteiger partial charge in [0.25, 0.3) is 5.91 Å². The van der Waals surface area contributed by atoms with Gasteiger partial charge in [0.2, 0.25) is 0 Å². The van der Waals surface area contributed by atoms with E-state index in [4.69, 9.17) is 25.8 Å². The molecule has 1 aliphatic carbocycles. The van der Waals surface area contributed by atoms with Gasteiger partial charge in [0.1, 0.15) is 5.60 Å². The maximum Gasteiger partial charge on any atom is 0.408 e.